The van der Waals surface area contributed by atoms with Crippen LogP contribution in [0.5, 0.6) is 11.6 Å². The average Bonchev–Trinajstić information content (AvgIpc) is 2.79. The van der Waals surface area contributed by atoms with Gasteiger partial charge in [0.25, 0.3) is 5.69 Å². The standard InChI is InChI=1S/C13H10N4O3S/c1-7-6-10-11(15-13(14)16-12(10)21-7)20-9-4-2-8(3-5-9)17(18)19/h2-6H,1H3,(H2,14,15,16). The van der Waals surface area contributed by atoms with Crippen LogP contribution in [-0.4, -0.2) is 14.9 Å². The van der Waals surface area contributed by atoms with E-state index in [0.29, 0.717) is 11.6 Å². The number of fused-ring (bicyclic) bond motifs is 1. The van der Waals surface area contributed by atoms with Crippen molar-refractivity contribution in [1.82, 2.24) is 9.97 Å². The summed E-state index contributed by atoms with van der Waals surface area (Å²) in [6.45, 7) is 1.96. The zero-order valence-electron chi connectivity index (χ0n) is 10.9. The van der Waals surface area contributed by atoms with Crippen LogP contribution in [-0.2, 0) is 0 Å². The predicted molar refractivity (Wildman–Crippen MR) is 79.7 cm³/mol. The Labute approximate surface area is 123 Å². The van der Waals surface area contributed by atoms with Gasteiger partial charge >= 0.3 is 0 Å². The largest absolute Gasteiger partial charge is 0.438 e. The van der Waals surface area contributed by atoms with Crippen molar-refractivity contribution in [2.24, 2.45) is 0 Å². The fraction of sp³-hybridized carbons (Fsp3) is 0.0769. The molecule has 8 heteroatoms. The van der Waals surface area contributed by atoms with Gasteiger partial charge in [0.1, 0.15) is 10.6 Å². The lowest BCUT2D eigenvalue weighted by molar-refractivity contribution is -0.384. The lowest BCUT2D eigenvalue weighted by Crippen LogP contribution is -1.97. The van der Waals surface area contributed by atoms with Crippen LogP contribution >= 0.6 is 11.3 Å². The first kappa shape index (κ1) is 13.3. The Balaban J connectivity index is 1.99. The number of aromatic nitrogens is 2. The molecule has 7 nitrogen and oxygen atoms in total. The monoisotopic (exact) mass is 302 g/mol. The first-order chi connectivity index (χ1) is 10.0. The summed E-state index contributed by atoms with van der Waals surface area (Å²) in [5.74, 6) is 0.917. The number of non-ortho nitro benzene ring substituents is 1. The molecule has 0 saturated heterocycles. The fourth-order valence-electron chi connectivity index (χ4n) is 1.86. The Bertz CT molecular complexity index is 829. The Kier molecular flexibility index (Phi) is 3.15. The maximum atomic E-state index is 10.6. The van der Waals surface area contributed by atoms with Crippen LogP contribution in [0.2, 0.25) is 0 Å². The number of nitrogen functional groups attached to an aromatic ring is 1. The van der Waals surface area contributed by atoms with Crippen LogP contribution in [0.25, 0.3) is 10.2 Å². The highest BCUT2D eigenvalue weighted by Gasteiger charge is 2.12. The summed E-state index contributed by atoms with van der Waals surface area (Å²) < 4.78 is 5.67. The smallest absolute Gasteiger partial charge is 0.269 e. The minimum atomic E-state index is -0.465. The number of rotatable bonds is 3. The highest BCUT2D eigenvalue weighted by Crippen LogP contribution is 2.33. The van der Waals surface area contributed by atoms with Gasteiger partial charge in [-0.3, -0.25) is 10.1 Å². The highest BCUT2D eigenvalue weighted by molar-refractivity contribution is 7.18. The molecule has 3 aromatic rings. The molecule has 0 saturated carbocycles. The molecular formula is C13H10N4O3S. The van der Waals surface area contributed by atoms with Crippen molar-refractivity contribution in [3.8, 4) is 11.6 Å². The summed E-state index contributed by atoms with van der Waals surface area (Å²) in [7, 11) is 0. The first-order valence-electron chi connectivity index (χ1n) is 5.99. The SMILES string of the molecule is Cc1cc2c(Oc3ccc([N+](=O)[O-])cc3)nc(N)nc2s1. The summed E-state index contributed by atoms with van der Waals surface area (Å²) in [6, 6.07) is 7.69. The van der Waals surface area contributed by atoms with E-state index in [4.69, 9.17) is 10.5 Å². The number of ether oxygens (including phenoxy) is 1. The van der Waals surface area contributed by atoms with Gasteiger partial charge in [0.15, 0.2) is 0 Å². The van der Waals surface area contributed by atoms with Crippen LogP contribution in [0.1, 0.15) is 4.88 Å². The van der Waals surface area contributed by atoms with Gasteiger partial charge in [0.2, 0.25) is 11.8 Å². The molecule has 3 rings (SSSR count). The number of nitro groups is 1. The van der Waals surface area contributed by atoms with E-state index in [1.165, 1.54) is 35.6 Å². The number of nitro benzene ring substituents is 1. The topological polar surface area (TPSA) is 104 Å². The number of thiophene rings is 1. The molecule has 0 aliphatic carbocycles. The molecule has 0 radical (unpaired) electrons. The Morgan fingerprint density at radius 3 is 2.67 bits per heavy atom. The van der Waals surface area contributed by atoms with E-state index in [0.717, 1.165) is 15.1 Å². The van der Waals surface area contributed by atoms with Gasteiger partial charge in [-0.05, 0) is 25.1 Å². The number of hydrogen-bond donors (Lipinski definition) is 1. The summed E-state index contributed by atoms with van der Waals surface area (Å²) in [4.78, 5) is 20.2. The number of nitrogens with zero attached hydrogens (tertiary/aromatic N) is 3. The highest BCUT2D eigenvalue weighted by atomic mass is 32.1. The quantitative estimate of drug-likeness (QED) is 0.588. The van der Waals surface area contributed by atoms with E-state index in [1.807, 2.05) is 13.0 Å². The van der Waals surface area contributed by atoms with Gasteiger partial charge in [-0.1, -0.05) is 0 Å². The van der Waals surface area contributed by atoms with Gasteiger partial charge in [0, 0.05) is 17.0 Å². The fourth-order valence-corrected chi connectivity index (χ4v) is 2.73. The molecule has 0 fully saturated rings. The summed E-state index contributed by atoms with van der Waals surface area (Å²) in [5, 5.41) is 11.4. The van der Waals surface area contributed by atoms with Gasteiger partial charge in [-0.15, -0.1) is 11.3 Å². The van der Waals surface area contributed by atoms with E-state index in [9.17, 15) is 10.1 Å². The van der Waals surface area contributed by atoms with Gasteiger partial charge in [-0.2, -0.15) is 4.98 Å². The molecule has 2 aromatic heterocycles. The van der Waals surface area contributed by atoms with E-state index < -0.39 is 4.92 Å². The Morgan fingerprint density at radius 1 is 1.29 bits per heavy atom. The zero-order chi connectivity index (χ0) is 15.0. The van der Waals surface area contributed by atoms with Crippen LogP contribution in [0, 0.1) is 17.0 Å². The van der Waals surface area contributed by atoms with Gasteiger partial charge < -0.3 is 10.5 Å². The van der Waals surface area contributed by atoms with Crippen molar-refractivity contribution < 1.29 is 9.66 Å². The molecule has 0 spiro atoms. The maximum Gasteiger partial charge on any atom is 0.269 e. The van der Waals surface area contributed by atoms with Crippen LogP contribution in [0.3, 0.4) is 0 Å². The Hall–Kier alpha value is -2.74. The second kappa shape index (κ2) is 4.98. The summed E-state index contributed by atoms with van der Waals surface area (Å²) in [6.07, 6.45) is 0. The van der Waals surface area contributed by atoms with Crippen molar-refractivity contribution in [3.63, 3.8) is 0 Å². The molecule has 106 valence electrons. The lowest BCUT2D eigenvalue weighted by Gasteiger charge is -2.06. The number of benzene rings is 1. The van der Waals surface area contributed by atoms with Crippen molar-refractivity contribution >= 4 is 33.2 Å². The number of aryl methyl sites for hydroxylation is 1. The molecule has 0 unspecified atom stereocenters. The minimum absolute atomic E-state index is 0.000996. The molecule has 21 heavy (non-hydrogen) atoms. The second-order valence-corrected chi connectivity index (χ2v) is 5.55. The van der Waals surface area contributed by atoms with Gasteiger partial charge in [-0.25, -0.2) is 4.98 Å². The second-order valence-electron chi connectivity index (χ2n) is 4.32. The molecule has 1 aromatic carbocycles. The van der Waals surface area contributed by atoms with Crippen molar-refractivity contribution in [2.45, 2.75) is 6.92 Å². The predicted octanol–water partition coefficient (Wildman–Crippen LogP) is 3.28. The zero-order valence-corrected chi connectivity index (χ0v) is 11.8. The number of nitrogens with two attached hydrogens (primary N) is 1. The summed E-state index contributed by atoms with van der Waals surface area (Å²) >= 11 is 1.50. The third kappa shape index (κ3) is 2.61. The van der Waals surface area contributed by atoms with Crippen LogP contribution in [0.15, 0.2) is 30.3 Å². The van der Waals surface area contributed by atoms with Crippen molar-refractivity contribution in [2.75, 3.05) is 5.73 Å². The van der Waals surface area contributed by atoms with Crippen molar-refractivity contribution in [3.05, 3.63) is 45.3 Å². The van der Waals surface area contributed by atoms with Crippen LogP contribution in [0.4, 0.5) is 11.6 Å². The molecule has 0 aliphatic heterocycles. The third-order valence-corrected chi connectivity index (χ3v) is 3.70. The third-order valence-electron chi connectivity index (χ3n) is 2.76. The number of hydrogen-bond acceptors (Lipinski definition) is 7. The summed E-state index contributed by atoms with van der Waals surface area (Å²) in [5.41, 5.74) is 5.67. The molecule has 0 aliphatic rings. The van der Waals surface area contributed by atoms with E-state index in [-0.39, 0.29) is 11.6 Å². The van der Waals surface area contributed by atoms with Gasteiger partial charge in [0.05, 0.1) is 10.3 Å². The maximum absolute atomic E-state index is 10.6. The normalized spacial score (nSPS) is 10.7. The molecule has 2 N–H and O–H groups in total. The average molecular weight is 302 g/mol. The number of anilines is 1. The molecule has 0 atom stereocenters. The van der Waals surface area contributed by atoms with E-state index in [2.05, 4.69) is 9.97 Å². The first-order valence-corrected chi connectivity index (χ1v) is 6.80. The molecule has 2 heterocycles. The lowest BCUT2D eigenvalue weighted by atomic mass is 10.3. The van der Waals surface area contributed by atoms with Crippen LogP contribution < -0.4 is 10.5 Å². The minimum Gasteiger partial charge on any atom is -0.438 e. The Morgan fingerprint density at radius 2 is 2.00 bits per heavy atom. The molecular weight excluding hydrogens is 292 g/mol. The van der Waals surface area contributed by atoms with E-state index >= 15 is 0 Å². The van der Waals surface area contributed by atoms with E-state index in [1.54, 1.807) is 0 Å². The molecule has 0 bridgehead atoms. The van der Waals surface area contributed by atoms with Crippen molar-refractivity contribution in [1.29, 1.82) is 0 Å². The molecule has 0 amide bonds.